The van der Waals surface area contributed by atoms with Gasteiger partial charge in [0.1, 0.15) is 0 Å². The highest BCUT2D eigenvalue weighted by Crippen LogP contribution is 2.26. The monoisotopic (exact) mass is 338 g/mol. The smallest absolute Gasteiger partial charge is 0.371 e. The van der Waals surface area contributed by atoms with Crippen LogP contribution >= 0.6 is 0 Å². The number of anilines is 1. The van der Waals surface area contributed by atoms with Crippen molar-refractivity contribution in [2.24, 2.45) is 5.92 Å². The molecular formula is C16H17F3N4O. The third-order valence-corrected chi connectivity index (χ3v) is 4.27. The van der Waals surface area contributed by atoms with Gasteiger partial charge in [0.2, 0.25) is 0 Å². The first-order chi connectivity index (χ1) is 11.4. The second-order valence-corrected chi connectivity index (χ2v) is 5.90. The Labute approximate surface area is 136 Å². The average Bonchev–Trinajstić information content (AvgIpc) is 2.57. The van der Waals surface area contributed by atoms with E-state index in [2.05, 4.69) is 14.9 Å². The first-order valence-electron chi connectivity index (χ1n) is 7.72. The Balaban J connectivity index is 1.61. The average molecular weight is 338 g/mol. The van der Waals surface area contributed by atoms with Crippen molar-refractivity contribution < 1.29 is 13.2 Å². The van der Waals surface area contributed by atoms with E-state index in [9.17, 15) is 18.0 Å². The van der Waals surface area contributed by atoms with Gasteiger partial charge in [0.25, 0.3) is 5.56 Å². The molecule has 0 amide bonds. The Morgan fingerprint density at radius 3 is 2.42 bits per heavy atom. The lowest BCUT2D eigenvalue weighted by molar-refractivity contribution is -0.141. The van der Waals surface area contributed by atoms with Crippen molar-refractivity contribution >= 4 is 5.69 Å². The zero-order valence-corrected chi connectivity index (χ0v) is 12.9. The molecule has 0 bridgehead atoms. The van der Waals surface area contributed by atoms with Crippen LogP contribution in [0.4, 0.5) is 18.9 Å². The third-order valence-electron chi connectivity index (χ3n) is 4.27. The van der Waals surface area contributed by atoms with E-state index >= 15 is 0 Å². The lowest BCUT2D eigenvalue weighted by Crippen LogP contribution is -2.36. The molecule has 0 radical (unpaired) electrons. The second-order valence-electron chi connectivity index (χ2n) is 5.90. The van der Waals surface area contributed by atoms with Crippen LogP contribution in [0.25, 0.3) is 0 Å². The number of nitrogens with zero attached hydrogens (tertiary/aromatic N) is 4. The van der Waals surface area contributed by atoms with Gasteiger partial charge < -0.3 is 4.90 Å². The van der Waals surface area contributed by atoms with Crippen LogP contribution in [-0.2, 0) is 12.7 Å². The third kappa shape index (κ3) is 3.74. The number of alkyl halides is 3. The zero-order valence-electron chi connectivity index (χ0n) is 12.9. The zero-order chi connectivity index (χ0) is 17.2. The Bertz CT molecular complexity index is 737. The van der Waals surface area contributed by atoms with E-state index in [0.29, 0.717) is 12.6 Å². The van der Waals surface area contributed by atoms with Crippen LogP contribution in [0.1, 0.15) is 18.5 Å². The molecule has 5 nitrogen and oxygen atoms in total. The lowest BCUT2D eigenvalue weighted by Gasteiger charge is -2.33. The van der Waals surface area contributed by atoms with Gasteiger partial charge in [-0.2, -0.15) is 13.2 Å². The van der Waals surface area contributed by atoms with Gasteiger partial charge >= 0.3 is 6.18 Å². The molecule has 1 aliphatic rings. The van der Waals surface area contributed by atoms with Crippen LogP contribution in [0.5, 0.6) is 0 Å². The highest BCUT2D eigenvalue weighted by atomic mass is 19.4. The Morgan fingerprint density at radius 2 is 1.83 bits per heavy atom. The summed E-state index contributed by atoms with van der Waals surface area (Å²) >= 11 is 0. The second kappa shape index (κ2) is 6.62. The molecule has 1 saturated heterocycles. The summed E-state index contributed by atoms with van der Waals surface area (Å²) in [6.07, 6.45) is 1.64. The minimum atomic E-state index is -4.59. The van der Waals surface area contributed by atoms with E-state index in [1.807, 2.05) is 12.1 Å². The molecule has 1 aliphatic heterocycles. The number of aromatic nitrogens is 3. The van der Waals surface area contributed by atoms with Gasteiger partial charge in [-0.05, 0) is 30.9 Å². The summed E-state index contributed by atoms with van der Waals surface area (Å²) in [5.41, 5.74) is -0.693. The predicted octanol–water partition coefficient (Wildman–Crippen LogP) is 2.57. The van der Waals surface area contributed by atoms with Gasteiger partial charge in [-0.1, -0.05) is 0 Å². The maximum Gasteiger partial charge on any atom is 0.433 e. The van der Waals surface area contributed by atoms with Crippen molar-refractivity contribution in [1.29, 1.82) is 0 Å². The largest absolute Gasteiger partial charge is 0.433 e. The molecule has 2 aromatic heterocycles. The normalized spacial score (nSPS) is 16.4. The van der Waals surface area contributed by atoms with E-state index < -0.39 is 17.4 Å². The summed E-state index contributed by atoms with van der Waals surface area (Å²) in [6.45, 7) is 2.09. The van der Waals surface area contributed by atoms with Crippen molar-refractivity contribution in [3.8, 4) is 0 Å². The molecule has 0 unspecified atom stereocenters. The van der Waals surface area contributed by atoms with E-state index in [1.165, 1.54) is 4.57 Å². The summed E-state index contributed by atoms with van der Waals surface area (Å²) in [5, 5.41) is 0. The molecule has 0 aliphatic carbocycles. The van der Waals surface area contributed by atoms with E-state index in [-0.39, 0.29) is 5.92 Å². The van der Waals surface area contributed by atoms with Crippen LogP contribution in [-0.4, -0.2) is 27.6 Å². The predicted molar refractivity (Wildman–Crippen MR) is 82.7 cm³/mol. The molecule has 0 spiro atoms. The first-order valence-corrected chi connectivity index (χ1v) is 7.72. The fourth-order valence-corrected chi connectivity index (χ4v) is 2.92. The number of piperidine rings is 1. The maximum atomic E-state index is 12.5. The highest BCUT2D eigenvalue weighted by molar-refractivity contribution is 5.44. The molecule has 0 saturated carbocycles. The van der Waals surface area contributed by atoms with Crippen LogP contribution < -0.4 is 10.5 Å². The van der Waals surface area contributed by atoms with Crippen LogP contribution in [0.15, 0.2) is 41.7 Å². The fourth-order valence-electron chi connectivity index (χ4n) is 2.92. The molecule has 8 heteroatoms. The topological polar surface area (TPSA) is 51.0 Å². The minimum Gasteiger partial charge on any atom is -0.371 e. The molecular weight excluding hydrogens is 321 g/mol. The molecule has 1 fully saturated rings. The molecule has 2 aromatic rings. The molecule has 3 rings (SSSR count). The highest BCUT2D eigenvalue weighted by Gasteiger charge is 2.33. The first kappa shape index (κ1) is 16.5. The number of hydrogen-bond acceptors (Lipinski definition) is 4. The Hall–Kier alpha value is -2.38. The number of pyridine rings is 1. The number of rotatable bonds is 3. The lowest BCUT2D eigenvalue weighted by atomic mass is 9.96. The number of hydrogen-bond donors (Lipinski definition) is 0. The quantitative estimate of drug-likeness (QED) is 0.863. The van der Waals surface area contributed by atoms with Gasteiger partial charge in [-0.25, -0.2) is 4.98 Å². The molecule has 0 atom stereocenters. The van der Waals surface area contributed by atoms with E-state index in [4.69, 9.17) is 0 Å². The number of halogens is 3. The van der Waals surface area contributed by atoms with Crippen molar-refractivity contribution in [1.82, 2.24) is 14.5 Å². The van der Waals surface area contributed by atoms with Gasteiger partial charge in [0, 0.05) is 43.8 Å². The molecule has 0 N–H and O–H groups in total. The summed E-state index contributed by atoms with van der Waals surface area (Å²) in [5.74, 6) is 0.249. The van der Waals surface area contributed by atoms with Gasteiger partial charge in [0.05, 0.1) is 6.33 Å². The van der Waals surface area contributed by atoms with Crippen LogP contribution in [0.2, 0.25) is 0 Å². The van der Waals surface area contributed by atoms with E-state index in [1.54, 1.807) is 12.4 Å². The minimum absolute atomic E-state index is 0.249. The van der Waals surface area contributed by atoms with Gasteiger partial charge in [0.15, 0.2) is 5.69 Å². The van der Waals surface area contributed by atoms with Crippen molar-refractivity contribution in [3.05, 3.63) is 53.0 Å². The Kier molecular flexibility index (Phi) is 4.55. The molecule has 24 heavy (non-hydrogen) atoms. The van der Waals surface area contributed by atoms with Crippen molar-refractivity contribution in [2.45, 2.75) is 25.6 Å². The molecule has 3 heterocycles. The maximum absolute atomic E-state index is 12.5. The van der Waals surface area contributed by atoms with Gasteiger partial charge in [-0.15, -0.1) is 0 Å². The summed E-state index contributed by atoms with van der Waals surface area (Å²) in [7, 11) is 0. The summed E-state index contributed by atoms with van der Waals surface area (Å²) < 4.78 is 38.9. The standard InChI is InChI=1S/C16H17F3N4O/c17-16(18,19)14-9-15(24)23(11-21-14)10-12-3-7-22(8-4-12)13-1-5-20-6-2-13/h1-2,5-6,9,11-12H,3-4,7-8,10H2. The van der Waals surface area contributed by atoms with Crippen LogP contribution in [0.3, 0.4) is 0 Å². The molecule has 128 valence electrons. The van der Waals surface area contributed by atoms with Crippen molar-refractivity contribution in [2.75, 3.05) is 18.0 Å². The summed E-state index contributed by atoms with van der Waals surface area (Å²) in [6, 6.07) is 4.46. The van der Waals surface area contributed by atoms with E-state index in [0.717, 1.165) is 37.9 Å². The SMILES string of the molecule is O=c1cc(C(F)(F)F)ncn1CC1CCN(c2ccncc2)CC1. The molecule has 0 aromatic carbocycles. The van der Waals surface area contributed by atoms with Crippen molar-refractivity contribution in [3.63, 3.8) is 0 Å². The fraction of sp³-hybridized carbons (Fsp3) is 0.438. The summed E-state index contributed by atoms with van der Waals surface area (Å²) in [4.78, 5) is 21.4. The Morgan fingerprint density at radius 1 is 1.17 bits per heavy atom. The van der Waals surface area contributed by atoms with Crippen LogP contribution in [0, 0.1) is 5.92 Å². The van der Waals surface area contributed by atoms with Gasteiger partial charge in [-0.3, -0.25) is 14.3 Å².